The van der Waals surface area contributed by atoms with E-state index in [-0.39, 0.29) is 23.9 Å². The number of hydrogen-bond donors (Lipinski definition) is 3. The molecule has 1 heterocycles. The third-order valence-corrected chi connectivity index (χ3v) is 3.85. The van der Waals surface area contributed by atoms with Crippen LogP contribution in [0.3, 0.4) is 0 Å². The molecule has 0 radical (unpaired) electrons. The van der Waals surface area contributed by atoms with Crippen LogP contribution in [-0.4, -0.2) is 41.9 Å². The molecule has 0 spiro atoms. The zero-order valence-corrected chi connectivity index (χ0v) is 12.4. The lowest BCUT2D eigenvalue weighted by atomic mass is 10.1. The van der Waals surface area contributed by atoms with E-state index in [0.717, 1.165) is 11.3 Å². The molecule has 6 nitrogen and oxygen atoms in total. The van der Waals surface area contributed by atoms with Gasteiger partial charge in [-0.3, -0.25) is 14.5 Å². The van der Waals surface area contributed by atoms with Gasteiger partial charge in [0.05, 0.1) is 12.1 Å². The van der Waals surface area contributed by atoms with Crippen molar-refractivity contribution in [2.45, 2.75) is 32.5 Å². The molecule has 0 aromatic heterocycles. The monoisotopic (exact) mass is 290 g/mol. The van der Waals surface area contributed by atoms with E-state index in [1.54, 1.807) is 0 Å². The van der Waals surface area contributed by atoms with Crippen LogP contribution >= 0.6 is 0 Å². The van der Waals surface area contributed by atoms with Crippen molar-refractivity contribution in [1.29, 1.82) is 0 Å². The molecule has 21 heavy (non-hydrogen) atoms. The molecule has 0 saturated carbocycles. The Morgan fingerprint density at radius 1 is 1.57 bits per heavy atom. The van der Waals surface area contributed by atoms with E-state index in [2.05, 4.69) is 10.6 Å². The number of anilines is 1. The van der Waals surface area contributed by atoms with Gasteiger partial charge >= 0.3 is 0 Å². The fourth-order valence-corrected chi connectivity index (χ4v) is 2.50. The molecular weight excluding hydrogens is 268 g/mol. The maximum Gasteiger partial charge on any atom is 0.241 e. The maximum absolute atomic E-state index is 12.3. The van der Waals surface area contributed by atoms with Gasteiger partial charge in [0.1, 0.15) is 0 Å². The molecule has 4 N–H and O–H groups in total. The van der Waals surface area contributed by atoms with Crippen molar-refractivity contribution < 1.29 is 9.59 Å². The van der Waals surface area contributed by atoms with Crippen molar-refractivity contribution in [3.63, 3.8) is 0 Å². The van der Waals surface area contributed by atoms with Gasteiger partial charge in [-0.25, -0.2) is 0 Å². The van der Waals surface area contributed by atoms with Crippen molar-refractivity contribution in [3.8, 4) is 0 Å². The summed E-state index contributed by atoms with van der Waals surface area (Å²) in [6, 6.07) is 6.80. The summed E-state index contributed by atoms with van der Waals surface area (Å²) in [6.07, 6.45) is 0. The van der Waals surface area contributed by atoms with Gasteiger partial charge in [0.25, 0.3) is 0 Å². The van der Waals surface area contributed by atoms with Gasteiger partial charge in [0.2, 0.25) is 11.8 Å². The number of nitrogens with zero attached hydrogens (tertiary/aromatic N) is 1. The number of amides is 2. The Labute approximate surface area is 124 Å². The number of nitrogens with one attached hydrogen (secondary N) is 2. The molecule has 1 saturated heterocycles. The minimum atomic E-state index is -0.368. The first kappa shape index (κ1) is 15.5. The lowest BCUT2D eigenvalue weighted by Gasteiger charge is -2.36. The van der Waals surface area contributed by atoms with E-state index in [4.69, 9.17) is 5.73 Å². The molecule has 2 amide bonds. The van der Waals surface area contributed by atoms with E-state index in [0.29, 0.717) is 19.6 Å². The summed E-state index contributed by atoms with van der Waals surface area (Å²) in [7, 11) is 0. The van der Waals surface area contributed by atoms with Crippen molar-refractivity contribution >= 4 is 17.5 Å². The fraction of sp³-hybridized carbons (Fsp3) is 0.467. The normalized spacial score (nSPS) is 20.7. The molecule has 6 heteroatoms. The van der Waals surface area contributed by atoms with Gasteiger partial charge in [-0.15, -0.1) is 0 Å². The molecule has 1 aromatic rings. The summed E-state index contributed by atoms with van der Waals surface area (Å²) in [5, 5.41) is 5.68. The summed E-state index contributed by atoms with van der Waals surface area (Å²) in [5.74, 6) is -0.156. The first-order valence-electron chi connectivity index (χ1n) is 7.16. The van der Waals surface area contributed by atoms with Gasteiger partial charge < -0.3 is 16.4 Å². The summed E-state index contributed by atoms with van der Waals surface area (Å²) in [5.41, 5.74) is 7.28. The average molecular weight is 290 g/mol. The number of benzene rings is 1. The van der Waals surface area contributed by atoms with Gasteiger partial charge in [-0.1, -0.05) is 12.1 Å². The second-order valence-electron chi connectivity index (χ2n) is 5.27. The Bertz CT molecular complexity index is 532. The van der Waals surface area contributed by atoms with E-state index in [9.17, 15) is 9.59 Å². The second kappa shape index (κ2) is 6.69. The van der Waals surface area contributed by atoms with Crippen LogP contribution in [0.25, 0.3) is 0 Å². The molecule has 2 rings (SSSR count). The van der Waals surface area contributed by atoms with Gasteiger partial charge in [-0.2, -0.15) is 0 Å². The van der Waals surface area contributed by atoms with E-state index in [1.165, 1.54) is 0 Å². The van der Waals surface area contributed by atoms with Crippen LogP contribution in [-0.2, 0) is 16.1 Å². The van der Waals surface area contributed by atoms with Crippen LogP contribution in [0.5, 0.6) is 0 Å². The zero-order valence-electron chi connectivity index (χ0n) is 12.4. The number of carbonyl (C=O) groups excluding carboxylic acids is 2. The molecular formula is C15H22N4O2. The fourth-order valence-electron chi connectivity index (χ4n) is 2.50. The van der Waals surface area contributed by atoms with Gasteiger partial charge in [-0.05, 0) is 31.5 Å². The minimum absolute atomic E-state index is 0.0361. The largest absolute Gasteiger partial charge is 0.353 e. The SMILES string of the molecule is CC1C(=O)NCCN1C(C)C(=O)Nc1cccc(CN)c1. The number of nitrogens with two attached hydrogens (primary N) is 1. The van der Waals surface area contributed by atoms with Crippen LogP contribution in [0.1, 0.15) is 19.4 Å². The third-order valence-electron chi connectivity index (χ3n) is 3.85. The predicted molar refractivity (Wildman–Crippen MR) is 81.6 cm³/mol. The lowest BCUT2D eigenvalue weighted by molar-refractivity contribution is -0.132. The number of piperazine rings is 1. The van der Waals surface area contributed by atoms with E-state index < -0.39 is 0 Å². The summed E-state index contributed by atoms with van der Waals surface area (Å²) >= 11 is 0. The summed E-state index contributed by atoms with van der Waals surface area (Å²) in [6.45, 7) is 5.31. The molecule has 1 aliphatic rings. The lowest BCUT2D eigenvalue weighted by Crippen LogP contribution is -2.58. The molecule has 114 valence electrons. The highest BCUT2D eigenvalue weighted by atomic mass is 16.2. The molecule has 2 atom stereocenters. The molecule has 1 aliphatic heterocycles. The predicted octanol–water partition coefficient (Wildman–Crippen LogP) is 0.293. The minimum Gasteiger partial charge on any atom is -0.353 e. The van der Waals surface area contributed by atoms with Gasteiger partial charge in [0, 0.05) is 25.3 Å². The quantitative estimate of drug-likeness (QED) is 0.744. The first-order valence-corrected chi connectivity index (χ1v) is 7.16. The van der Waals surface area contributed by atoms with Crippen LogP contribution in [0.4, 0.5) is 5.69 Å². The Morgan fingerprint density at radius 2 is 2.33 bits per heavy atom. The highest BCUT2D eigenvalue weighted by Gasteiger charge is 2.32. The Hall–Kier alpha value is -1.92. The average Bonchev–Trinajstić information content (AvgIpc) is 2.49. The Morgan fingerprint density at radius 3 is 3.05 bits per heavy atom. The molecule has 1 fully saturated rings. The second-order valence-corrected chi connectivity index (χ2v) is 5.27. The summed E-state index contributed by atoms with van der Waals surface area (Å²) in [4.78, 5) is 25.9. The van der Waals surface area contributed by atoms with Crippen LogP contribution in [0, 0.1) is 0 Å². The molecule has 1 aromatic carbocycles. The molecule has 0 aliphatic carbocycles. The smallest absolute Gasteiger partial charge is 0.241 e. The topological polar surface area (TPSA) is 87.5 Å². The third kappa shape index (κ3) is 3.59. The number of carbonyl (C=O) groups is 2. The maximum atomic E-state index is 12.3. The number of rotatable bonds is 4. The van der Waals surface area contributed by atoms with Crippen molar-refractivity contribution in [2.24, 2.45) is 5.73 Å². The highest BCUT2D eigenvalue weighted by molar-refractivity contribution is 5.95. The van der Waals surface area contributed by atoms with Crippen molar-refractivity contribution in [2.75, 3.05) is 18.4 Å². The van der Waals surface area contributed by atoms with Crippen molar-refractivity contribution in [1.82, 2.24) is 10.2 Å². The zero-order chi connectivity index (χ0) is 15.4. The van der Waals surface area contributed by atoms with Crippen LogP contribution in [0.2, 0.25) is 0 Å². The van der Waals surface area contributed by atoms with Crippen LogP contribution in [0.15, 0.2) is 24.3 Å². The first-order chi connectivity index (χ1) is 10.0. The van der Waals surface area contributed by atoms with Crippen LogP contribution < -0.4 is 16.4 Å². The van der Waals surface area contributed by atoms with Gasteiger partial charge in [0.15, 0.2) is 0 Å². The Balaban J connectivity index is 2.03. The Kier molecular flexibility index (Phi) is 4.93. The van der Waals surface area contributed by atoms with E-state index >= 15 is 0 Å². The molecule has 2 unspecified atom stereocenters. The highest BCUT2D eigenvalue weighted by Crippen LogP contribution is 2.14. The summed E-state index contributed by atoms with van der Waals surface area (Å²) < 4.78 is 0. The standard InChI is InChI=1S/C15H22N4O2/c1-10-14(20)17-6-7-19(10)11(2)15(21)18-13-5-3-4-12(8-13)9-16/h3-5,8,10-11H,6-7,9,16H2,1-2H3,(H,17,20)(H,18,21). The van der Waals surface area contributed by atoms with Crippen molar-refractivity contribution in [3.05, 3.63) is 29.8 Å². The number of hydrogen-bond acceptors (Lipinski definition) is 4. The van der Waals surface area contributed by atoms with E-state index in [1.807, 2.05) is 43.0 Å². The molecule has 0 bridgehead atoms.